The van der Waals surface area contributed by atoms with E-state index in [-0.39, 0.29) is 36.6 Å². The van der Waals surface area contributed by atoms with Crippen molar-refractivity contribution in [2.45, 2.75) is 71.3 Å². The highest BCUT2D eigenvalue weighted by Gasteiger charge is 2.46. The predicted molar refractivity (Wildman–Crippen MR) is 109 cm³/mol. The van der Waals surface area contributed by atoms with E-state index in [2.05, 4.69) is 21.2 Å². The van der Waals surface area contributed by atoms with Crippen molar-refractivity contribution in [1.29, 1.82) is 0 Å². The second-order valence-corrected chi connectivity index (χ2v) is 7.66. The molecule has 0 fully saturated rings. The first-order valence-corrected chi connectivity index (χ1v) is 10.2. The molecule has 5 nitrogen and oxygen atoms in total. The van der Waals surface area contributed by atoms with Crippen LogP contribution in [0.15, 0.2) is 28.7 Å². The SMILES string of the molecule is CCCCC(=O)C(CC(=O)c1ccc(Br)cc1)(NC(C)=O)C(=O)CCCC. The van der Waals surface area contributed by atoms with Gasteiger partial charge in [-0.1, -0.05) is 54.8 Å². The van der Waals surface area contributed by atoms with E-state index < -0.39 is 11.4 Å². The van der Waals surface area contributed by atoms with E-state index in [1.54, 1.807) is 24.3 Å². The molecule has 0 aliphatic rings. The first kappa shape index (κ1) is 23.2. The monoisotopic (exact) mass is 437 g/mol. The Balaban J connectivity index is 3.27. The average Bonchev–Trinajstić information content (AvgIpc) is 2.63. The molecule has 0 aliphatic heterocycles. The van der Waals surface area contributed by atoms with Crippen molar-refractivity contribution < 1.29 is 19.2 Å². The van der Waals surface area contributed by atoms with Gasteiger partial charge in [0.1, 0.15) is 0 Å². The Morgan fingerprint density at radius 3 is 1.81 bits per heavy atom. The highest BCUT2D eigenvalue weighted by atomic mass is 79.9. The van der Waals surface area contributed by atoms with Crippen LogP contribution < -0.4 is 5.32 Å². The topological polar surface area (TPSA) is 80.3 Å². The molecule has 0 spiro atoms. The van der Waals surface area contributed by atoms with Gasteiger partial charge in [-0.2, -0.15) is 0 Å². The fourth-order valence-electron chi connectivity index (χ4n) is 2.92. The van der Waals surface area contributed by atoms with E-state index in [0.29, 0.717) is 18.4 Å². The van der Waals surface area contributed by atoms with Crippen molar-refractivity contribution in [3.63, 3.8) is 0 Å². The smallest absolute Gasteiger partial charge is 0.218 e. The number of benzene rings is 1. The van der Waals surface area contributed by atoms with Gasteiger partial charge in [-0.25, -0.2) is 0 Å². The summed E-state index contributed by atoms with van der Waals surface area (Å²) in [6.45, 7) is 5.15. The van der Waals surface area contributed by atoms with Crippen LogP contribution in [0.1, 0.15) is 76.1 Å². The molecule has 1 amide bonds. The van der Waals surface area contributed by atoms with Crippen LogP contribution in [-0.4, -0.2) is 28.8 Å². The number of hydrogen-bond donors (Lipinski definition) is 1. The third kappa shape index (κ3) is 6.69. The zero-order chi connectivity index (χ0) is 20.4. The lowest BCUT2D eigenvalue weighted by atomic mass is 9.79. The lowest BCUT2D eigenvalue weighted by Gasteiger charge is -2.31. The van der Waals surface area contributed by atoms with Crippen LogP contribution in [0, 0.1) is 0 Å². The fraction of sp³-hybridized carbons (Fsp3) is 0.524. The third-order valence-electron chi connectivity index (χ3n) is 4.45. The van der Waals surface area contributed by atoms with E-state index >= 15 is 0 Å². The van der Waals surface area contributed by atoms with E-state index in [4.69, 9.17) is 0 Å². The number of carbonyl (C=O) groups excluding carboxylic acids is 4. The molecule has 0 radical (unpaired) electrons. The molecular weight excluding hydrogens is 410 g/mol. The van der Waals surface area contributed by atoms with Gasteiger partial charge in [-0.3, -0.25) is 19.2 Å². The van der Waals surface area contributed by atoms with Gasteiger partial charge in [0, 0.05) is 36.2 Å². The number of ketones is 3. The normalized spacial score (nSPS) is 11.1. The van der Waals surface area contributed by atoms with E-state index in [9.17, 15) is 19.2 Å². The summed E-state index contributed by atoms with van der Waals surface area (Å²) in [5, 5.41) is 2.55. The van der Waals surface area contributed by atoms with Crippen LogP contribution in [0.25, 0.3) is 0 Å². The maximum Gasteiger partial charge on any atom is 0.218 e. The fourth-order valence-corrected chi connectivity index (χ4v) is 3.18. The Morgan fingerprint density at radius 1 is 0.926 bits per heavy atom. The van der Waals surface area contributed by atoms with Crippen molar-refractivity contribution >= 4 is 39.2 Å². The number of unbranched alkanes of at least 4 members (excludes halogenated alkanes) is 2. The van der Waals surface area contributed by atoms with Gasteiger partial charge < -0.3 is 5.32 Å². The molecule has 0 saturated carbocycles. The summed E-state index contributed by atoms with van der Waals surface area (Å²) in [7, 11) is 0. The average molecular weight is 438 g/mol. The number of nitrogens with one attached hydrogen (secondary N) is 1. The van der Waals surface area contributed by atoms with Crippen LogP contribution in [0.3, 0.4) is 0 Å². The minimum atomic E-state index is -1.78. The Hall–Kier alpha value is -1.82. The van der Waals surface area contributed by atoms with Crippen LogP contribution >= 0.6 is 15.9 Å². The summed E-state index contributed by atoms with van der Waals surface area (Å²) in [4.78, 5) is 50.7. The summed E-state index contributed by atoms with van der Waals surface area (Å²) in [5.41, 5.74) is -1.38. The standard InChI is InChI=1S/C21H28BrNO4/c1-4-6-8-19(26)21(23-15(3)24,20(27)9-7-5-2)14-18(25)16-10-12-17(22)13-11-16/h10-13H,4-9,14H2,1-3H3,(H,23,24). The minimum Gasteiger partial charge on any atom is -0.337 e. The Labute approximate surface area is 169 Å². The molecule has 1 N–H and O–H groups in total. The number of amides is 1. The van der Waals surface area contributed by atoms with Gasteiger partial charge in [-0.05, 0) is 25.0 Å². The molecule has 0 aliphatic carbocycles. The quantitative estimate of drug-likeness (QED) is 0.387. The van der Waals surface area contributed by atoms with Crippen molar-refractivity contribution in [3.8, 4) is 0 Å². The molecule has 1 aromatic carbocycles. The first-order chi connectivity index (χ1) is 12.8. The number of Topliss-reactive ketones (excluding diaryl/α,β-unsaturated/α-hetero) is 3. The Kier molecular flexibility index (Phi) is 9.56. The molecular formula is C21H28BrNO4. The molecule has 148 valence electrons. The summed E-state index contributed by atoms with van der Waals surface area (Å²) in [6, 6.07) is 6.73. The van der Waals surface area contributed by atoms with Crippen molar-refractivity contribution in [2.75, 3.05) is 0 Å². The summed E-state index contributed by atoms with van der Waals surface area (Å²) in [5.74, 6) is -1.60. The van der Waals surface area contributed by atoms with Gasteiger partial charge in [-0.15, -0.1) is 0 Å². The van der Waals surface area contributed by atoms with Crippen LogP contribution in [-0.2, 0) is 14.4 Å². The van der Waals surface area contributed by atoms with Crippen molar-refractivity contribution in [2.24, 2.45) is 0 Å². The molecule has 0 atom stereocenters. The van der Waals surface area contributed by atoms with Gasteiger partial charge in [0.25, 0.3) is 0 Å². The Morgan fingerprint density at radius 2 is 1.41 bits per heavy atom. The summed E-state index contributed by atoms with van der Waals surface area (Å²) < 4.78 is 0.824. The van der Waals surface area contributed by atoms with Gasteiger partial charge in [0.15, 0.2) is 22.9 Å². The van der Waals surface area contributed by atoms with Crippen molar-refractivity contribution in [3.05, 3.63) is 34.3 Å². The first-order valence-electron chi connectivity index (χ1n) is 9.41. The van der Waals surface area contributed by atoms with E-state index in [1.807, 2.05) is 13.8 Å². The molecule has 1 rings (SSSR count). The van der Waals surface area contributed by atoms with Gasteiger partial charge in [0.05, 0.1) is 0 Å². The minimum absolute atomic E-state index is 0.155. The van der Waals surface area contributed by atoms with E-state index in [0.717, 1.165) is 17.3 Å². The number of halogens is 1. The van der Waals surface area contributed by atoms with Crippen LogP contribution in [0.2, 0.25) is 0 Å². The maximum absolute atomic E-state index is 13.0. The highest BCUT2D eigenvalue weighted by molar-refractivity contribution is 9.10. The Bertz CT molecular complexity index is 662. The molecule has 0 heterocycles. The lowest BCUT2D eigenvalue weighted by molar-refractivity contribution is -0.140. The third-order valence-corrected chi connectivity index (χ3v) is 4.98. The van der Waals surface area contributed by atoms with Crippen LogP contribution in [0.5, 0.6) is 0 Å². The van der Waals surface area contributed by atoms with E-state index in [1.165, 1.54) is 6.92 Å². The number of hydrogen-bond acceptors (Lipinski definition) is 4. The maximum atomic E-state index is 13.0. The number of rotatable bonds is 12. The summed E-state index contributed by atoms with van der Waals surface area (Å²) in [6.07, 6.45) is 2.74. The largest absolute Gasteiger partial charge is 0.337 e. The van der Waals surface area contributed by atoms with Gasteiger partial charge >= 0.3 is 0 Å². The second-order valence-electron chi connectivity index (χ2n) is 6.75. The van der Waals surface area contributed by atoms with Gasteiger partial charge in [0.2, 0.25) is 5.91 Å². The molecule has 0 unspecified atom stereocenters. The zero-order valence-electron chi connectivity index (χ0n) is 16.3. The number of carbonyl (C=O) groups is 4. The molecule has 0 bridgehead atoms. The van der Waals surface area contributed by atoms with Crippen molar-refractivity contribution in [1.82, 2.24) is 5.32 Å². The lowest BCUT2D eigenvalue weighted by Crippen LogP contribution is -2.60. The second kappa shape index (κ2) is 11.1. The zero-order valence-corrected chi connectivity index (χ0v) is 17.9. The predicted octanol–water partition coefficient (Wildman–Crippen LogP) is 4.42. The molecule has 27 heavy (non-hydrogen) atoms. The molecule has 0 aromatic heterocycles. The molecule has 1 aromatic rings. The van der Waals surface area contributed by atoms with Crippen LogP contribution in [0.4, 0.5) is 0 Å². The summed E-state index contributed by atoms with van der Waals surface area (Å²) >= 11 is 3.32. The highest BCUT2D eigenvalue weighted by Crippen LogP contribution is 2.24. The molecule has 6 heteroatoms. The molecule has 0 saturated heterocycles.